The van der Waals surface area contributed by atoms with Crippen LogP contribution in [0, 0.1) is 12.3 Å². The second kappa shape index (κ2) is 5.80. The van der Waals surface area contributed by atoms with Gasteiger partial charge in [-0.1, -0.05) is 0 Å². The van der Waals surface area contributed by atoms with Crippen molar-refractivity contribution < 1.29 is 4.79 Å². The average molecular weight is 380 g/mol. The van der Waals surface area contributed by atoms with Crippen LogP contribution in [0.2, 0.25) is 0 Å². The lowest BCUT2D eigenvalue weighted by molar-refractivity contribution is 0.0902. The summed E-state index contributed by atoms with van der Waals surface area (Å²) in [6.07, 6.45) is 8.74. The van der Waals surface area contributed by atoms with Gasteiger partial charge in [0, 0.05) is 6.07 Å². The largest absolute Gasteiger partial charge is 0.384 e. The Morgan fingerprint density at radius 1 is 1.11 bits per heavy atom. The number of hydrogen-bond donors (Lipinski definition) is 3. The SMILES string of the molecule is Cc1cc(Nc2cc(N)ncn2)c(=O)n2c1C(=O)N[C@@]21CCCC2(CC2)CC1. The molecule has 3 aliphatic rings. The van der Waals surface area contributed by atoms with E-state index >= 15 is 0 Å². The predicted molar refractivity (Wildman–Crippen MR) is 105 cm³/mol. The van der Waals surface area contributed by atoms with Gasteiger partial charge in [-0.25, -0.2) is 9.97 Å². The molecule has 146 valence electrons. The first-order chi connectivity index (χ1) is 13.4. The number of rotatable bonds is 2. The first kappa shape index (κ1) is 17.2. The highest BCUT2D eigenvalue weighted by molar-refractivity contribution is 5.97. The summed E-state index contributed by atoms with van der Waals surface area (Å²) in [5.41, 5.74) is 6.97. The number of aromatic nitrogens is 3. The maximum atomic E-state index is 13.4. The van der Waals surface area contributed by atoms with Crippen LogP contribution in [0.1, 0.15) is 61.0 Å². The summed E-state index contributed by atoms with van der Waals surface area (Å²) < 4.78 is 1.71. The lowest BCUT2D eigenvalue weighted by atomic mass is 9.96. The third-order valence-electron chi connectivity index (χ3n) is 6.66. The summed E-state index contributed by atoms with van der Waals surface area (Å²) in [5.74, 6) is 0.621. The Morgan fingerprint density at radius 3 is 2.64 bits per heavy atom. The Morgan fingerprint density at radius 2 is 1.89 bits per heavy atom. The Kier molecular flexibility index (Phi) is 3.56. The highest BCUT2D eigenvalue weighted by atomic mass is 16.2. The molecule has 0 bridgehead atoms. The Bertz CT molecular complexity index is 1040. The molecule has 0 unspecified atom stereocenters. The van der Waals surface area contributed by atoms with E-state index in [9.17, 15) is 9.59 Å². The van der Waals surface area contributed by atoms with Crippen LogP contribution in [0.4, 0.5) is 17.3 Å². The van der Waals surface area contributed by atoms with Crippen molar-refractivity contribution in [2.45, 2.75) is 57.5 Å². The lowest BCUT2D eigenvalue weighted by Crippen LogP contribution is -2.47. The van der Waals surface area contributed by atoms with Gasteiger partial charge in [-0.15, -0.1) is 0 Å². The summed E-state index contributed by atoms with van der Waals surface area (Å²) >= 11 is 0. The number of anilines is 3. The van der Waals surface area contributed by atoms with Gasteiger partial charge >= 0.3 is 0 Å². The van der Waals surface area contributed by atoms with Crippen molar-refractivity contribution in [3.05, 3.63) is 40.1 Å². The second-order valence-corrected chi connectivity index (χ2v) is 8.52. The normalized spacial score (nSPS) is 24.7. The van der Waals surface area contributed by atoms with E-state index < -0.39 is 5.66 Å². The summed E-state index contributed by atoms with van der Waals surface area (Å²) in [5, 5.41) is 6.23. The molecule has 28 heavy (non-hydrogen) atoms. The lowest BCUT2D eigenvalue weighted by Gasteiger charge is -2.31. The van der Waals surface area contributed by atoms with Gasteiger partial charge in [0.2, 0.25) is 0 Å². The number of hydrogen-bond acceptors (Lipinski definition) is 6. The van der Waals surface area contributed by atoms with Crippen molar-refractivity contribution in [1.29, 1.82) is 0 Å². The number of nitrogens with zero attached hydrogens (tertiary/aromatic N) is 3. The number of amides is 1. The van der Waals surface area contributed by atoms with Gasteiger partial charge in [0.05, 0.1) is 0 Å². The van der Waals surface area contributed by atoms with E-state index in [1.165, 1.54) is 25.6 Å². The molecule has 1 atom stereocenters. The molecule has 2 aromatic rings. The third kappa shape index (κ3) is 2.58. The molecule has 8 heteroatoms. The van der Waals surface area contributed by atoms with Crippen LogP contribution in [0.5, 0.6) is 0 Å². The molecule has 4 N–H and O–H groups in total. The summed E-state index contributed by atoms with van der Waals surface area (Å²) in [4.78, 5) is 34.2. The molecule has 2 aliphatic carbocycles. The summed E-state index contributed by atoms with van der Waals surface area (Å²) in [6, 6.07) is 3.29. The van der Waals surface area contributed by atoms with Crippen LogP contribution >= 0.6 is 0 Å². The number of nitrogens with one attached hydrogen (secondary N) is 2. The smallest absolute Gasteiger partial charge is 0.276 e. The zero-order valence-corrected chi connectivity index (χ0v) is 15.9. The number of carbonyl (C=O) groups excluding carboxylic acids is 1. The third-order valence-corrected chi connectivity index (χ3v) is 6.66. The number of carbonyl (C=O) groups is 1. The maximum Gasteiger partial charge on any atom is 0.276 e. The Balaban J connectivity index is 1.60. The minimum Gasteiger partial charge on any atom is -0.384 e. The number of nitrogens with two attached hydrogens (primary N) is 1. The van der Waals surface area contributed by atoms with E-state index in [0.29, 0.717) is 28.4 Å². The van der Waals surface area contributed by atoms with E-state index in [4.69, 9.17) is 5.73 Å². The molecule has 1 aliphatic heterocycles. The van der Waals surface area contributed by atoms with Crippen molar-refractivity contribution in [3.8, 4) is 0 Å². The van der Waals surface area contributed by atoms with Crippen LogP contribution in [0.15, 0.2) is 23.3 Å². The summed E-state index contributed by atoms with van der Waals surface area (Å²) in [6.45, 7) is 1.86. The van der Waals surface area contributed by atoms with Crippen LogP contribution in [0.3, 0.4) is 0 Å². The van der Waals surface area contributed by atoms with E-state index in [2.05, 4.69) is 20.6 Å². The van der Waals surface area contributed by atoms with Crippen molar-refractivity contribution in [3.63, 3.8) is 0 Å². The quantitative estimate of drug-likeness (QED) is 0.737. The number of fused-ring (bicyclic) bond motifs is 2. The van der Waals surface area contributed by atoms with E-state index in [1.807, 2.05) is 6.92 Å². The van der Waals surface area contributed by atoms with Gasteiger partial charge in [0.1, 0.15) is 35.0 Å². The summed E-state index contributed by atoms with van der Waals surface area (Å²) in [7, 11) is 0. The fraction of sp³-hybridized carbons (Fsp3) is 0.500. The van der Waals surface area contributed by atoms with Gasteiger partial charge in [-0.2, -0.15) is 0 Å². The van der Waals surface area contributed by atoms with E-state index in [-0.39, 0.29) is 11.5 Å². The maximum absolute atomic E-state index is 13.4. The molecule has 5 rings (SSSR count). The fourth-order valence-electron chi connectivity index (χ4n) is 4.93. The molecular weight excluding hydrogens is 356 g/mol. The monoisotopic (exact) mass is 380 g/mol. The van der Waals surface area contributed by atoms with E-state index in [1.54, 1.807) is 16.7 Å². The molecule has 3 heterocycles. The van der Waals surface area contributed by atoms with Gasteiger partial charge < -0.3 is 16.4 Å². The molecule has 0 radical (unpaired) electrons. The van der Waals surface area contributed by atoms with Gasteiger partial charge in [0.15, 0.2) is 0 Å². The molecule has 8 nitrogen and oxygen atoms in total. The van der Waals surface area contributed by atoms with Crippen molar-refractivity contribution in [1.82, 2.24) is 19.9 Å². The fourth-order valence-corrected chi connectivity index (χ4v) is 4.93. The molecule has 2 spiro atoms. The van der Waals surface area contributed by atoms with E-state index in [0.717, 1.165) is 31.2 Å². The standard InChI is InChI=1S/C20H24N6O2/c1-12-9-13(24-15-10-14(21)22-11-23-15)18(28)26-16(12)17(27)25-20(26)4-2-3-19(5-6-19)7-8-20/h9-11H,2-8H2,1H3,(H,25,27)(H3,21,22,23,24)/t20-/m0/s1. The van der Waals surface area contributed by atoms with Gasteiger partial charge in [-0.3, -0.25) is 14.2 Å². The minimum atomic E-state index is -0.622. The molecule has 2 aromatic heterocycles. The number of aryl methyl sites for hydroxylation is 1. The van der Waals surface area contributed by atoms with Gasteiger partial charge in [-0.05, 0) is 68.9 Å². The average Bonchev–Trinajstić information content (AvgIpc) is 3.38. The number of nitrogen functional groups attached to an aromatic ring is 1. The predicted octanol–water partition coefficient (Wildman–Crippen LogP) is 2.41. The Hall–Kier alpha value is -2.90. The molecule has 0 aromatic carbocycles. The van der Waals surface area contributed by atoms with Crippen LogP contribution in [-0.2, 0) is 5.66 Å². The molecule has 2 fully saturated rings. The molecular formula is C20H24N6O2. The van der Waals surface area contributed by atoms with Gasteiger partial charge in [0.25, 0.3) is 11.5 Å². The number of pyridine rings is 1. The van der Waals surface area contributed by atoms with Crippen LogP contribution in [0.25, 0.3) is 0 Å². The first-order valence-corrected chi connectivity index (χ1v) is 9.86. The van der Waals surface area contributed by atoms with Crippen LogP contribution < -0.4 is 21.9 Å². The van der Waals surface area contributed by atoms with Crippen molar-refractivity contribution >= 4 is 23.2 Å². The highest BCUT2D eigenvalue weighted by Crippen LogP contribution is 2.57. The topological polar surface area (TPSA) is 115 Å². The zero-order chi connectivity index (χ0) is 19.5. The zero-order valence-electron chi connectivity index (χ0n) is 15.9. The molecule has 2 saturated carbocycles. The second-order valence-electron chi connectivity index (χ2n) is 8.52. The minimum absolute atomic E-state index is 0.154. The van der Waals surface area contributed by atoms with Crippen molar-refractivity contribution in [2.75, 3.05) is 11.1 Å². The molecule has 1 amide bonds. The van der Waals surface area contributed by atoms with Crippen molar-refractivity contribution in [2.24, 2.45) is 5.41 Å². The van der Waals surface area contributed by atoms with Crippen LogP contribution in [-0.4, -0.2) is 20.4 Å². The molecule has 0 saturated heterocycles. The Labute approximate surface area is 162 Å². The highest BCUT2D eigenvalue weighted by Gasteiger charge is 2.51. The first-order valence-electron chi connectivity index (χ1n) is 9.86.